The SMILES string of the molecule is Cc1c(C)c(C)c(C[C@H]2CC[C@H](Cc3c(C)c(C)c(C)c(C)c3C)C2=O)c(C)c1C. The summed E-state index contributed by atoms with van der Waals surface area (Å²) in [4.78, 5) is 13.4. The van der Waals surface area contributed by atoms with E-state index in [9.17, 15) is 4.79 Å². The van der Waals surface area contributed by atoms with Crippen molar-refractivity contribution >= 4 is 5.78 Å². The molecule has 1 nitrogen and oxygen atoms in total. The summed E-state index contributed by atoms with van der Waals surface area (Å²) in [5.41, 5.74) is 16.8. The first-order valence-corrected chi connectivity index (χ1v) is 11.6. The van der Waals surface area contributed by atoms with E-state index in [1.807, 2.05) is 0 Å². The van der Waals surface area contributed by atoms with Crippen LogP contribution in [0, 0.1) is 81.1 Å². The molecule has 1 aliphatic rings. The molecule has 1 aliphatic carbocycles. The minimum Gasteiger partial charge on any atom is -0.299 e. The van der Waals surface area contributed by atoms with Crippen molar-refractivity contribution in [3.63, 3.8) is 0 Å². The van der Waals surface area contributed by atoms with Crippen LogP contribution in [-0.4, -0.2) is 5.78 Å². The zero-order valence-corrected chi connectivity index (χ0v) is 20.9. The first kappa shape index (κ1) is 22.8. The predicted octanol–water partition coefficient (Wildman–Crippen LogP) is 7.15. The van der Waals surface area contributed by atoms with Crippen LogP contribution in [0.4, 0.5) is 0 Å². The Bertz CT molecular complexity index is 882. The highest BCUT2D eigenvalue weighted by Gasteiger charge is 2.35. The van der Waals surface area contributed by atoms with Crippen LogP contribution in [0.5, 0.6) is 0 Å². The molecule has 0 radical (unpaired) electrons. The minimum absolute atomic E-state index is 0.183. The number of Topliss-reactive ketones (excluding diaryl/α,β-unsaturated/α-hetero) is 1. The van der Waals surface area contributed by atoms with Crippen LogP contribution in [0.25, 0.3) is 0 Å². The van der Waals surface area contributed by atoms with E-state index in [1.54, 1.807) is 0 Å². The zero-order valence-electron chi connectivity index (χ0n) is 20.9. The van der Waals surface area contributed by atoms with Gasteiger partial charge in [0.05, 0.1) is 0 Å². The van der Waals surface area contributed by atoms with Crippen molar-refractivity contribution in [1.82, 2.24) is 0 Å². The number of benzene rings is 2. The van der Waals surface area contributed by atoms with Gasteiger partial charge in [-0.05, 0) is 162 Å². The van der Waals surface area contributed by atoms with E-state index in [4.69, 9.17) is 0 Å². The molecule has 30 heavy (non-hydrogen) atoms. The quantitative estimate of drug-likeness (QED) is 0.529. The van der Waals surface area contributed by atoms with Gasteiger partial charge in [-0.1, -0.05) is 0 Å². The Labute approximate surface area is 184 Å². The van der Waals surface area contributed by atoms with E-state index < -0.39 is 0 Å². The van der Waals surface area contributed by atoms with Crippen LogP contribution in [0.1, 0.15) is 79.6 Å². The van der Waals surface area contributed by atoms with Gasteiger partial charge in [0.25, 0.3) is 0 Å². The van der Waals surface area contributed by atoms with Crippen molar-refractivity contribution in [2.45, 2.75) is 94.9 Å². The topological polar surface area (TPSA) is 17.1 Å². The maximum atomic E-state index is 13.4. The Morgan fingerprint density at radius 2 is 0.700 bits per heavy atom. The fraction of sp³-hybridized carbons (Fsp3) is 0.552. The number of ketones is 1. The molecule has 0 heterocycles. The number of carbonyl (C=O) groups is 1. The normalized spacial score (nSPS) is 19.1. The summed E-state index contributed by atoms with van der Waals surface area (Å²) in [6.45, 7) is 22.3. The van der Waals surface area contributed by atoms with Crippen LogP contribution in [0.15, 0.2) is 0 Å². The predicted molar refractivity (Wildman–Crippen MR) is 129 cm³/mol. The molecule has 162 valence electrons. The van der Waals surface area contributed by atoms with Gasteiger partial charge in [-0.25, -0.2) is 0 Å². The maximum absolute atomic E-state index is 13.4. The van der Waals surface area contributed by atoms with Crippen molar-refractivity contribution in [2.75, 3.05) is 0 Å². The third-order valence-corrected chi connectivity index (χ3v) is 8.88. The molecule has 3 rings (SSSR count). The third kappa shape index (κ3) is 3.66. The van der Waals surface area contributed by atoms with E-state index >= 15 is 0 Å². The Kier molecular flexibility index (Phi) is 6.33. The second kappa shape index (κ2) is 8.33. The average Bonchev–Trinajstić information content (AvgIpc) is 3.07. The lowest BCUT2D eigenvalue weighted by atomic mass is 9.82. The smallest absolute Gasteiger partial charge is 0.139 e. The number of hydrogen-bond donors (Lipinski definition) is 0. The van der Waals surface area contributed by atoms with E-state index in [0.717, 1.165) is 25.7 Å². The molecule has 0 aromatic heterocycles. The maximum Gasteiger partial charge on any atom is 0.139 e. The summed E-state index contributed by atoms with van der Waals surface area (Å²) in [5, 5.41) is 0. The van der Waals surface area contributed by atoms with Gasteiger partial charge in [-0.3, -0.25) is 4.79 Å². The molecule has 1 heteroatoms. The van der Waals surface area contributed by atoms with Crippen LogP contribution in [0.2, 0.25) is 0 Å². The van der Waals surface area contributed by atoms with Crippen LogP contribution < -0.4 is 0 Å². The van der Waals surface area contributed by atoms with Crippen molar-refractivity contribution in [1.29, 1.82) is 0 Å². The fourth-order valence-electron chi connectivity index (χ4n) is 5.69. The van der Waals surface area contributed by atoms with Gasteiger partial charge in [-0.15, -0.1) is 0 Å². The van der Waals surface area contributed by atoms with Gasteiger partial charge in [0.15, 0.2) is 0 Å². The second-order valence-electron chi connectivity index (χ2n) is 9.99. The number of carbonyl (C=O) groups excluding carboxylic acids is 1. The molecule has 1 saturated carbocycles. The van der Waals surface area contributed by atoms with Crippen LogP contribution in [-0.2, 0) is 17.6 Å². The highest BCUT2D eigenvalue weighted by atomic mass is 16.1. The van der Waals surface area contributed by atoms with Gasteiger partial charge in [-0.2, -0.15) is 0 Å². The molecule has 2 aromatic rings. The van der Waals surface area contributed by atoms with Gasteiger partial charge < -0.3 is 0 Å². The van der Waals surface area contributed by atoms with E-state index in [-0.39, 0.29) is 11.8 Å². The van der Waals surface area contributed by atoms with Gasteiger partial charge in [0.2, 0.25) is 0 Å². The standard InChI is InChI=1S/C29H40O/c1-15-17(3)21(7)27(22(8)18(15)4)13-25-11-12-26(29(25)30)14-28-23(9)19(5)16(2)20(6)24(28)10/h25-26H,11-14H2,1-10H3/t25-,26-/m1/s1. The Morgan fingerprint density at radius 3 is 0.967 bits per heavy atom. The number of hydrogen-bond acceptors (Lipinski definition) is 1. The number of rotatable bonds is 4. The van der Waals surface area contributed by atoms with E-state index in [2.05, 4.69) is 69.2 Å². The molecule has 1 fully saturated rings. The molecule has 0 unspecified atom stereocenters. The largest absolute Gasteiger partial charge is 0.299 e. The van der Waals surface area contributed by atoms with Gasteiger partial charge in [0.1, 0.15) is 5.78 Å². The summed E-state index contributed by atoms with van der Waals surface area (Å²) in [7, 11) is 0. The first-order valence-electron chi connectivity index (χ1n) is 11.6. The Hall–Kier alpha value is -1.89. The van der Waals surface area contributed by atoms with Crippen molar-refractivity contribution < 1.29 is 4.79 Å². The molecule has 0 saturated heterocycles. The molecule has 2 aromatic carbocycles. The molecule has 2 atom stereocenters. The lowest BCUT2D eigenvalue weighted by Crippen LogP contribution is -2.20. The molecule has 0 spiro atoms. The second-order valence-corrected chi connectivity index (χ2v) is 9.99. The first-order chi connectivity index (χ1) is 14.0. The average molecular weight is 405 g/mol. The van der Waals surface area contributed by atoms with Crippen LogP contribution in [0.3, 0.4) is 0 Å². The summed E-state index contributed by atoms with van der Waals surface area (Å²) >= 11 is 0. The van der Waals surface area contributed by atoms with Crippen LogP contribution >= 0.6 is 0 Å². The molecule has 0 amide bonds. The fourth-order valence-corrected chi connectivity index (χ4v) is 5.69. The highest BCUT2D eigenvalue weighted by molar-refractivity contribution is 5.86. The van der Waals surface area contributed by atoms with Crippen molar-refractivity contribution in [3.05, 3.63) is 66.8 Å². The lowest BCUT2D eigenvalue weighted by molar-refractivity contribution is -0.123. The monoisotopic (exact) mass is 404 g/mol. The summed E-state index contributed by atoms with van der Waals surface area (Å²) in [6, 6.07) is 0. The summed E-state index contributed by atoms with van der Waals surface area (Å²) in [6.07, 6.45) is 3.91. The van der Waals surface area contributed by atoms with E-state index in [0.29, 0.717) is 5.78 Å². The highest BCUT2D eigenvalue weighted by Crippen LogP contribution is 2.37. The zero-order chi connectivity index (χ0) is 22.5. The molecule has 0 N–H and O–H groups in total. The third-order valence-electron chi connectivity index (χ3n) is 8.88. The lowest BCUT2D eigenvalue weighted by Gasteiger charge is -2.22. The summed E-state index contributed by atoms with van der Waals surface area (Å²) in [5.74, 6) is 0.865. The van der Waals surface area contributed by atoms with Gasteiger partial charge >= 0.3 is 0 Å². The van der Waals surface area contributed by atoms with Crippen molar-refractivity contribution in [2.24, 2.45) is 11.8 Å². The summed E-state index contributed by atoms with van der Waals surface area (Å²) < 4.78 is 0. The van der Waals surface area contributed by atoms with Gasteiger partial charge in [0, 0.05) is 11.8 Å². The minimum atomic E-state index is 0.183. The molecular weight excluding hydrogens is 364 g/mol. The molecule has 0 bridgehead atoms. The molecule has 0 aliphatic heterocycles. The van der Waals surface area contributed by atoms with Crippen molar-refractivity contribution in [3.8, 4) is 0 Å². The van der Waals surface area contributed by atoms with E-state index in [1.165, 1.54) is 66.8 Å². The molecular formula is C29H40O. The Balaban J connectivity index is 1.86. The Morgan fingerprint density at radius 1 is 0.467 bits per heavy atom.